The standard InChI is InChI=1S/C16H19NO2S/c1-3-19-16(18)12(2)17-10-15-9-14(11-20-15)13-7-5-4-6-8-13/h4-9,11-12,17H,3,10H2,1-2H3. The van der Waals surface area contributed by atoms with Gasteiger partial charge in [0.25, 0.3) is 0 Å². The van der Waals surface area contributed by atoms with Crippen LogP contribution in [0.25, 0.3) is 11.1 Å². The molecule has 4 heteroatoms. The van der Waals surface area contributed by atoms with Crippen LogP contribution in [-0.2, 0) is 16.1 Å². The van der Waals surface area contributed by atoms with Crippen LogP contribution in [0.3, 0.4) is 0 Å². The SMILES string of the molecule is CCOC(=O)C(C)NCc1cc(-c2ccccc2)cs1. The molecule has 0 aliphatic heterocycles. The van der Waals surface area contributed by atoms with Gasteiger partial charge >= 0.3 is 5.97 Å². The molecule has 0 aliphatic carbocycles. The van der Waals surface area contributed by atoms with E-state index in [1.807, 2.05) is 32.0 Å². The van der Waals surface area contributed by atoms with Crippen molar-refractivity contribution in [1.82, 2.24) is 5.32 Å². The van der Waals surface area contributed by atoms with Crippen molar-refractivity contribution < 1.29 is 9.53 Å². The molecule has 1 heterocycles. The van der Waals surface area contributed by atoms with Crippen LogP contribution in [0.1, 0.15) is 18.7 Å². The molecule has 0 amide bonds. The highest BCUT2D eigenvalue weighted by Crippen LogP contribution is 2.25. The van der Waals surface area contributed by atoms with E-state index in [2.05, 4.69) is 28.9 Å². The average molecular weight is 289 g/mol. The lowest BCUT2D eigenvalue weighted by Gasteiger charge is -2.11. The number of thiophene rings is 1. The molecule has 1 unspecified atom stereocenters. The van der Waals surface area contributed by atoms with E-state index in [0.29, 0.717) is 13.2 Å². The zero-order chi connectivity index (χ0) is 14.4. The Balaban J connectivity index is 1.92. The Labute approximate surface area is 123 Å². The highest BCUT2D eigenvalue weighted by atomic mass is 32.1. The Morgan fingerprint density at radius 3 is 2.75 bits per heavy atom. The summed E-state index contributed by atoms with van der Waals surface area (Å²) in [5, 5.41) is 5.32. The van der Waals surface area contributed by atoms with Crippen LogP contribution < -0.4 is 5.32 Å². The first-order valence-electron chi connectivity index (χ1n) is 6.73. The van der Waals surface area contributed by atoms with Crippen LogP contribution in [0.5, 0.6) is 0 Å². The van der Waals surface area contributed by atoms with Crippen molar-refractivity contribution in [3.63, 3.8) is 0 Å². The third kappa shape index (κ3) is 3.92. The Hall–Kier alpha value is -1.65. The second kappa shape index (κ2) is 7.22. The molecule has 0 radical (unpaired) electrons. The van der Waals surface area contributed by atoms with Crippen molar-refractivity contribution in [2.24, 2.45) is 0 Å². The first-order valence-corrected chi connectivity index (χ1v) is 7.61. The zero-order valence-corrected chi connectivity index (χ0v) is 12.6. The molecular formula is C16H19NO2S. The normalized spacial score (nSPS) is 12.1. The zero-order valence-electron chi connectivity index (χ0n) is 11.8. The fraction of sp³-hybridized carbons (Fsp3) is 0.312. The summed E-state index contributed by atoms with van der Waals surface area (Å²) in [6.45, 7) is 4.74. The molecule has 0 saturated heterocycles. The summed E-state index contributed by atoms with van der Waals surface area (Å²) in [6, 6.07) is 12.2. The van der Waals surface area contributed by atoms with E-state index < -0.39 is 0 Å². The predicted molar refractivity (Wildman–Crippen MR) is 82.7 cm³/mol. The largest absolute Gasteiger partial charge is 0.465 e. The molecule has 106 valence electrons. The molecule has 2 aromatic rings. The van der Waals surface area contributed by atoms with E-state index in [-0.39, 0.29) is 12.0 Å². The van der Waals surface area contributed by atoms with Crippen molar-refractivity contribution in [1.29, 1.82) is 0 Å². The highest BCUT2D eigenvalue weighted by molar-refractivity contribution is 7.10. The van der Waals surface area contributed by atoms with E-state index in [9.17, 15) is 4.79 Å². The van der Waals surface area contributed by atoms with Gasteiger partial charge in [-0.3, -0.25) is 10.1 Å². The molecule has 3 nitrogen and oxygen atoms in total. The van der Waals surface area contributed by atoms with E-state index in [4.69, 9.17) is 4.74 Å². The molecular weight excluding hydrogens is 270 g/mol. The number of carbonyl (C=O) groups excluding carboxylic acids is 1. The number of benzene rings is 1. The second-order valence-corrected chi connectivity index (χ2v) is 5.52. The molecule has 1 aromatic heterocycles. The minimum atomic E-state index is -0.280. The topological polar surface area (TPSA) is 38.3 Å². The fourth-order valence-electron chi connectivity index (χ4n) is 1.86. The maximum absolute atomic E-state index is 11.5. The third-order valence-corrected chi connectivity index (χ3v) is 3.92. The third-order valence-electron chi connectivity index (χ3n) is 2.98. The van der Waals surface area contributed by atoms with E-state index in [1.54, 1.807) is 11.3 Å². The van der Waals surface area contributed by atoms with Gasteiger partial charge in [-0.25, -0.2) is 0 Å². The lowest BCUT2D eigenvalue weighted by molar-refractivity contribution is -0.145. The van der Waals surface area contributed by atoms with Crippen molar-refractivity contribution in [2.75, 3.05) is 6.61 Å². The Morgan fingerprint density at radius 1 is 1.30 bits per heavy atom. The van der Waals surface area contributed by atoms with Gasteiger partial charge in [-0.15, -0.1) is 11.3 Å². The smallest absolute Gasteiger partial charge is 0.322 e. The molecule has 0 fully saturated rings. The first-order chi connectivity index (χ1) is 9.70. The van der Waals surface area contributed by atoms with E-state index in [1.165, 1.54) is 16.0 Å². The first kappa shape index (κ1) is 14.8. The summed E-state index contributed by atoms with van der Waals surface area (Å²) in [5.74, 6) is -0.202. The minimum absolute atomic E-state index is 0.202. The van der Waals surface area contributed by atoms with Crippen LogP contribution in [0, 0.1) is 0 Å². The Kier molecular flexibility index (Phi) is 5.32. The quantitative estimate of drug-likeness (QED) is 0.828. The number of hydrogen-bond acceptors (Lipinski definition) is 4. The maximum Gasteiger partial charge on any atom is 0.322 e. The molecule has 1 atom stereocenters. The monoisotopic (exact) mass is 289 g/mol. The average Bonchev–Trinajstić information content (AvgIpc) is 2.95. The summed E-state index contributed by atoms with van der Waals surface area (Å²) in [5.41, 5.74) is 2.43. The maximum atomic E-state index is 11.5. The molecule has 1 aromatic carbocycles. The lowest BCUT2D eigenvalue weighted by atomic mass is 10.1. The predicted octanol–water partition coefficient (Wildman–Crippen LogP) is 3.46. The van der Waals surface area contributed by atoms with Crippen LogP contribution >= 0.6 is 11.3 Å². The van der Waals surface area contributed by atoms with Crippen LogP contribution in [0.15, 0.2) is 41.8 Å². The van der Waals surface area contributed by atoms with Gasteiger partial charge in [0.2, 0.25) is 0 Å². The number of carbonyl (C=O) groups is 1. The summed E-state index contributed by atoms with van der Waals surface area (Å²) in [4.78, 5) is 12.7. The van der Waals surface area contributed by atoms with Crippen molar-refractivity contribution in [3.8, 4) is 11.1 Å². The molecule has 0 bridgehead atoms. The van der Waals surface area contributed by atoms with Gasteiger partial charge in [0.15, 0.2) is 0 Å². The fourth-order valence-corrected chi connectivity index (χ4v) is 2.70. The summed E-state index contributed by atoms with van der Waals surface area (Å²) >= 11 is 1.70. The van der Waals surface area contributed by atoms with E-state index >= 15 is 0 Å². The van der Waals surface area contributed by atoms with Gasteiger partial charge < -0.3 is 4.74 Å². The molecule has 2 rings (SSSR count). The van der Waals surface area contributed by atoms with Gasteiger partial charge in [-0.2, -0.15) is 0 Å². The van der Waals surface area contributed by atoms with Gasteiger partial charge in [-0.1, -0.05) is 30.3 Å². The van der Waals surface area contributed by atoms with Crippen LogP contribution in [0.4, 0.5) is 0 Å². The molecule has 20 heavy (non-hydrogen) atoms. The second-order valence-electron chi connectivity index (χ2n) is 4.52. The summed E-state index contributed by atoms with van der Waals surface area (Å²) in [6.07, 6.45) is 0. The number of nitrogens with one attached hydrogen (secondary N) is 1. The number of esters is 1. The lowest BCUT2D eigenvalue weighted by Crippen LogP contribution is -2.34. The highest BCUT2D eigenvalue weighted by Gasteiger charge is 2.13. The minimum Gasteiger partial charge on any atom is -0.465 e. The van der Waals surface area contributed by atoms with Gasteiger partial charge in [0.1, 0.15) is 6.04 Å². The van der Waals surface area contributed by atoms with Gasteiger partial charge in [0.05, 0.1) is 6.61 Å². The summed E-state index contributed by atoms with van der Waals surface area (Å²) in [7, 11) is 0. The number of rotatable bonds is 6. The van der Waals surface area contributed by atoms with Gasteiger partial charge in [0, 0.05) is 11.4 Å². The molecule has 1 N–H and O–H groups in total. The summed E-state index contributed by atoms with van der Waals surface area (Å²) < 4.78 is 4.97. The van der Waals surface area contributed by atoms with Crippen molar-refractivity contribution in [2.45, 2.75) is 26.4 Å². The Bertz CT molecular complexity index is 551. The Morgan fingerprint density at radius 2 is 2.05 bits per heavy atom. The van der Waals surface area contributed by atoms with Crippen molar-refractivity contribution >= 4 is 17.3 Å². The molecule has 0 aliphatic rings. The molecule has 0 spiro atoms. The van der Waals surface area contributed by atoms with E-state index in [0.717, 1.165) is 0 Å². The van der Waals surface area contributed by atoms with Gasteiger partial charge in [-0.05, 0) is 36.4 Å². The molecule has 0 saturated carbocycles. The van der Waals surface area contributed by atoms with Crippen LogP contribution in [0.2, 0.25) is 0 Å². The number of hydrogen-bond donors (Lipinski definition) is 1. The van der Waals surface area contributed by atoms with Crippen molar-refractivity contribution in [3.05, 3.63) is 46.7 Å². The van der Waals surface area contributed by atoms with Crippen LogP contribution in [-0.4, -0.2) is 18.6 Å². The number of ether oxygens (including phenoxy) is 1.